The number of fused-ring (bicyclic) bond motifs is 3. The summed E-state index contributed by atoms with van der Waals surface area (Å²) < 4.78 is 15.1. The lowest BCUT2D eigenvalue weighted by atomic mass is 9.87. The van der Waals surface area contributed by atoms with E-state index in [0.29, 0.717) is 24.2 Å². The third-order valence-electron chi connectivity index (χ3n) is 7.43. The van der Waals surface area contributed by atoms with E-state index in [4.69, 9.17) is 0 Å². The second-order valence-electron chi connectivity index (χ2n) is 8.96. The van der Waals surface area contributed by atoms with Crippen molar-refractivity contribution in [2.45, 2.75) is 50.9 Å². The Kier molecular flexibility index (Phi) is 5.18. The maximum absolute atomic E-state index is 13.3. The predicted molar refractivity (Wildman–Crippen MR) is 115 cm³/mol. The molecule has 31 heavy (non-hydrogen) atoms. The monoisotopic (exact) mass is 425 g/mol. The van der Waals surface area contributed by atoms with Crippen LogP contribution in [0.3, 0.4) is 0 Å². The highest BCUT2D eigenvalue weighted by Gasteiger charge is 2.55. The summed E-state index contributed by atoms with van der Waals surface area (Å²) in [6.07, 6.45) is 3.19. The topological polar surface area (TPSA) is 74.6 Å². The van der Waals surface area contributed by atoms with Gasteiger partial charge in [-0.1, -0.05) is 19.1 Å². The Hall–Kier alpha value is -2.51. The third kappa shape index (κ3) is 3.22. The van der Waals surface area contributed by atoms with Crippen LogP contribution in [0.1, 0.15) is 37.9 Å². The van der Waals surface area contributed by atoms with Crippen molar-refractivity contribution in [2.75, 3.05) is 13.2 Å². The standard InChI is InChI=1S/C24H28FN3O3/c1-2-27-21-18(19(13-29)22(27)23(30)26-16-4-3-5-16)12-28-20(21)11-10-17(24(28)31)14-6-8-15(25)9-7-14/h6-11,16,18-19,21-22,29H,2-5,12-13H2,1H3,(H,26,30)/t18-,19-,21+,22-/m0/s1. The molecule has 1 saturated carbocycles. The molecular formula is C24H28FN3O3. The van der Waals surface area contributed by atoms with Crippen LogP contribution in [0.15, 0.2) is 41.2 Å². The molecule has 5 rings (SSSR count). The molecule has 164 valence electrons. The Morgan fingerprint density at radius 2 is 1.94 bits per heavy atom. The van der Waals surface area contributed by atoms with Crippen molar-refractivity contribution < 1.29 is 14.3 Å². The van der Waals surface area contributed by atoms with Crippen molar-refractivity contribution in [2.24, 2.45) is 11.8 Å². The van der Waals surface area contributed by atoms with E-state index in [2.05, 4.69) is 10.2 Å². The van der Waals surface area contributed by atoms with Crippen molar-refractivity contribution in [3.63, 3.8) is 0 Å². The molecule has 0 radical (unpaired) electrons. The van der Waals surface area contributed by atoms with Crippen LogP contribution in [-0.4, -0.2) is 45.7 Å². The molecule has 3 heterocycles. The number of carbonyl (C=O) groups excluding carboxylic acids is 1. The zero-order chi connectivity index (χ0) is 21.7. The number of amides is 1. The second kappa shape index (κ2) is 7.88. The summed E-state index contributed by atoms with van der Waals surface area (Å²) in [6, 6.07) is 9.48. The Morgan fingerprint density at radius 1 is 1.19 bits per heavy atom. The van der Waals surface area contributed by atoms with Gasteiger partial charge in [0.25, 0.3) is 5.56 Å². The third-order valence-corrected chi connectivity index (χ3v) is 7.43. The Balaban J connectivity index is 1.49. The van der Waals surface area contributed by atoms with Crippen molar-refractivity contribution >= 4 is 5.91 Å². The highest BCUT2D eigenvalue weighted by Crippen LogP contribution is 2.49. The van der Waals surface area contributed by atoms with Crippen molar-refractivity contribution in [1.82, 2.24) is 14.8 Å². The molecule has 7 heteroatoms. The molecular weight excluding hydrogens is 397 g/mol. The summed E-state index contributed by atoms with van der Waals surface area (Å²) in [4.78, 5) is 28.5. The van der Waals surface area contributed by atoms with Crippen molar-refractivity contribution in [3.05, 3.63) is 58.3 Å². The predicted octanol–water partition coefficient (Wildman–Crippen LogP) is 2.31. The smallest absolute Gasteiger partial charge is 0.258 e. The number of likely N-dealkylation sites (tertiary alicyclic amines) is 1. The molecule has 1 aromatic heterocycles. The average Bonchev–Trinajstić information content (AvgIpc) is 3.26. The maximum Gasteiger partial charge on any atom is 0.258 e. The van der Waals surface area contributed by atoms with E-state index in [1.54, 1.807) is 22.8 Å². The van der Waals surface area contributed by atoms with E-state index in [0.717, 1.165) is 25.0 Å². The summed E-state index contributed by atoms with van der Waals surface area (Å²) in [7, 11) is 0. The molecule has 6 nitrogen and oxygen atoms in total. The lowest BCUT2D eigenvalue weighted by molar-refractivity contribution is -0.129. The van der Waals surface area contributed by atoms with Crippen molar-refractivity contribution in [1.29, 1.82) is 0 Å². The normalized spacial score (nSPS) is 27.6. The number of aromatic nitrogens is 1. The van der Waals surface area contributed by atoms with Gasteiger partial charge in [-0.15, -0.1) is 0 Å². The number of rotatable bonds is 5. The van der Waals surface area contributed by atoms with Crippen LogP contribution in [0.5, 0.6) is 0 Å². The average molecular weight is 426 g/mol. The van der Waals surface area contributed by atoms with Crippen LogP contribution in [0.4, 0.5) is 4.39 Å². The molecule has 1 amide bonds. The number of likely N-dealkylation sites (N-methyl/N-ethyl adjacent to an activating group) is 1. The number of carbonyl (C=O) groups is 1. The molecule has 1 aliphatic carbocycles. The molecule has 2 fully saturated rings. The van der Waals surface area contributed by atoms with Crippen LogP contribution in [0.2, 0.25) is 0 Å². The van der Waals surface area contributed by atoms with Gasteiger partial charge in [0.05, 0.1) is 12.1 Å². The summed E-state index contributed by atoms with van der Waals surface area (Å²) >= 11 is 0. The fourth-order valence-corrected chi connectivity index (χ4v) is 5.67. The summed E-state index contributed by atoms with van der Waals surface area (Å²) in [5.74, 6) is -0.566. The quantitative estimate of drug-likeness (QED) is 0.771. The fourth-order valence-electron chi connectivity index (χ4n) is 5.67. The van der Waals surface area contributed by atoms with Gasteiger partial charge in [-0.2, -0.15) is 0 Å². The summed E-state index contributed by atoms with van der Waals surface area (Å²) in [6.45, 7) is 3.07. The molecule has 1 saturated heterocycles. The number of pyridine rings is 1. The number of aliphatic hydroxyl groups is 1. The summed E-state index contributed by atoms with van der Waals surface area (Å²) in [5.41, 5.74) is 2.00. The number of aliphatic hydroxyl groups excluding tert-OH is 1. The number of nitrogens with one attached hydrogen (secondary N) is 1. The number of nitrogens with zero attached hydrogens (tertiary/aromatic N) is 2. The lowest BCUT2D eigenvalue weighted by Crippen LogP contribution is -2.52. The highest BCUT2D eigenvalue weighted by atomic mass is 19.1. The molecule has 0 bridgehead atoms. The first-order valence-corrected chi connectivity index (χ1v) is 11.2. The van der Waals surface area contributed by atoms with Gasteiger partial charge in [-0.25, -0.2) is 4.39 Å². The van der Waals surface area contributed by atoms with Gasteiger partial charge in [-0.05, 0) is 55.6 Å². The zero-order valence-electron chi connectivity index (χ0n) is 17.6. The molecule has 2 N–H and O–H groups in total. The van der Waals surface area contributed by atoms with Crippen LogP contribution < -0.4 is 10.9 Å². The Bertz CT molecular complexity index is 1050. The molecule has 0 spiro atoms. The van der Waals surface area contributed by atoms with Crippen LogP contribution >= 0.6 is 0 Å². The molecule has 2 aromatic rings. The van der Waals surface area contributed by atoms with Crippen LogP contribution in [0.25, 0.3) is 11.1 Å². The highest BCUT2D eigenvalue weighted by molar-refractivity contribution is 5.83. The largest absolute Gasteiger partial charge is 0.396 e. The van der Waals surface area contributed by atoms with E-state index in [-0.39, 0.29) is 53.9 Å². The number of benzene rings is 1. The van der Waals surface area contributed by atoms with E-state index in [1.807, 2.05) is 13.0 Å². The first-order chi connectivity index (χ1) is 15.0. The van der Waals surface area contributed by atoms with E-state index in [9.17, 15) is 19.1 Å². The molecule has 2 aliphatic heterocycles. The van der Waals surface area contributed by atoms with E-state index < -0.39 is 0 Å². The molecule has 4 atom stereocenters. The SMILES string of the molecule is CCN1[C@H](C(=O)NC2CCC2)[C@@H](CO)[C@@H]2Cn3c(ccc(-c4ccc(F)cc4)c3=O)[C@@H]21. The molecule has 0 unspecified atom stereocenters. The minimum Gasteiger partial charge on any atom is -0.396 e. The number of hydrogen-bond donors (Lipinski definition) is 2. The van der Waals surface area contributed by atoms with E-state index in [1.165, 1.54) is 12.1 Å². The number of halogens is 1. The first-order valence-electron chi connectivity index (χ1n) is 11.2. The van der Waals surface area contributed by atoms with Gasteiger partial charge in [0, 0.05) is 42.3 Å². The van der Waals surface area contributed by atoms with Gasteiger partial charge in [-0.3, -0.25) is 14.5 Å². The van der Waals surface area contributed by atoms with Gasteiger partial charge in [0.15, 0.2) is 0 Å². The van der Waals surface area contributed by atoms with Gasteiger partial charge in [0.2, 0.25) is 5.91 Å². The van der Waals surface area contributed by atoms with Crippen molar-refractivity contribution in [3.8, 4) is 11.1 Å². The minimum atomic E-state index is -0.383. The van der Waals surface area contributed by atoms with Gasteiger partial charge in [0.1, 0.15) is 5.82 Å². The zero-order valence-corrected chi connectivity index (χ0v) is 17.6. The Morgan fingerprint density at radius 3 is 2.55 bits per heavy atom. The summed E-state index contributed by atoms with van der Waals surface area (Å²) in [5, 5.41) is 13.4. The second-order valence-corrected chi connectivity index (χ2v) is 8.96. The first kappa shape index (κ1) is 20.4. The fraction of sp³-hybridized carbons (Fsp3) is 0.500. The molecule has 1 aromatic carbocycles. The maximum atomic E-state index is 13.3. The minimum absolute atomic E-state index is 0.00161. The van der Waals surface area contributed by atoms with Gasteiger partial charge < -0.3 is 15.0 Å². The number of hydrogen-bond acceptors (Lipinski definition) is 4. The van der Waals surface area contributed by atoms with Gasteiger partial charge >= 0.3 is 0 Å². The molecule has 3 aliphatic rings. The Labute approximate surface area is 180 Å². The van der Waals surface area contributed by atoms with Crippen LogP contribution in [0, 0.1) is 17.7 Å². The van der Waals surface area contributed by atoms with Crippen LogP contribution in [-0.2, 0) is 11.3 Å². The lowest BCUT2D eigenvalue weighted by Gasteiger charge is -2.33. The van der Waals surface area contributed by atoms with E-state index >= 15 is 0 Å².